The summed E-state index contributed by atoms with van der Waals surface area (Å²) in [5.41, 5.74) is 2.59. The molecule has 154 valence electrons. The zero-order valence-electron chi connectivity index (χ0n) is 16.6. The summed E-state index contributed by atoms with van der Waals surface area (Å²) in [6.07, 6.45) is 3.46. The summed E-state index contributed by atoms with van der Waals surface area (Å²) >= 11 is 0. The Morgan fingerprint density at radius 2 is 1.83 bits per heavy atom. The first-order valence-corrected chi connectivity index (χ1v) is 10.5. The number of nitrogens with zero attached hydrogens (tertiary/aromatic N) is 2. The molecule has 2 fully saturated rings. The number of benzene rings is 2. The largest absolute Gasteiger partial charge is 0.302 e. The summed E-state index contributed by atoms with van der Waals surface area (Å²) in [7, 11) is 0. The van der Waals surface area contributed by atoms with Crippen molar-refractivity contribution < 1.29 is 19.2 Å². The molecule has 2 aromatic rings. The van der Waals surface area contributed by atoms with Gasteiger partial charge in [0.1, 0.15) is 12.3 Å². The van der Waals surface area contributed by atoms with Gasteiger partial charge in [-0.25, -0.2) is 0 Å². The van der Waals surface area contributed by atoms with Crippen LogP contribution in [0.5, 0.6) is 0 Å². The number of hydrogen-bond acceptors (Lipinski definition) is 5. The van der Waals surface area contributed by atoms with E-state index in [-0.39, 0.29) is 18.2 Å². The van der Waals surface area contributed by atoms with Gasteiger partial charge < -0.3 is 4.79 Å². The van der Waals surface area contributed by atoms with Crippen LogP contribution in [0, 0.1) is 0 Å². The number of piperidine rings is 2. The lowest BCUT2D eigenvalue weighted by Crippen LogP contribution is -2.53. The van der Waals surface area contributed by atoms with Crippen LogP contribution in [0.3, 0.4) is 0 Å². The smallest absolute Gasteiger partial charge is 0.259 e. The van der Waals surface area contributed by atoms with Crippen molar-refractivity contribution in [3.63, 3.8) is 0 Å². The third kappa shape index (κ3) is 2.92. The molecule has 0 bridgehead atoms. The number of carbonyl (C=O) groups excluding carboxylic acids is 4. The minimum atomic E-state index is -0.664. The van der Waals surface area contributed by atoms with E-state index in [1.54, 1.807) is 4.90 Å². The molecule has 0 aromatic heterocycles. The topological polar surface area (TPSA) is 86.8 Å². The summed E-state index contributed by atoms with van der Waals surface area (Å²) in [6.45, 7) is 2.24. The first-order chi connectivity index (χ1) is 14.6. The van der Waals surface area contributed by atoms with E-state index in [9.17, 15) is 19.2 Å². The van der Waals surface area contributed by atoms with Gasteiger partial charge in [0.2, 0.25) is 11.8 Å². The number of carbonyl (C=O) groups is 4. The molecule has 1 N–H and O–H groups in total. The highest BCUT2D eigenvalue weighted by molar-refractivity contribution is 6.27. The lowest BCUT2D eigenvalue weighted by molar-refractivity contribution is -0.134. The van der Waals surface area contributed by atoms with Crippen LogP contribution < -0.4 is 10.2 Å². The van der Waals surface area contributed by atoms with Crippen molar-refractivity contribution in [2.24, 2.45) is 0 Å². The molecule has 0 saturated carbocycles. The van der Waals surface area contributed by atoms with Crippen molar-refractivity contribution >= 4 is 40.5 Å². The second kappa shape index (κ2) is 7.32. The van der Waals surface area contributed by atoms with Crippen LogP contribution in [0.25, 0.3) is 10.8 Å². The molecule has 0 radical (unpaired) electrons. The zero-order chi connectivity index (χ0) is 20.8. The van der Waals surface area contributed by atoms with E-state index in [1.807, 2.05) is 18.2 Å². The maximum atomic E-state index is 13.2. The normalized spacial score (nSPS) is 22.6. The van der Waals surface area contributed by atoms with E-state index in [1.165, 1.54) is 5.56 Å². The molecule has 30 heavy (non-hydrogen) atoms. The number of nitrogens with one attached hydrogen (secondary N) is 1. The molecule has 2 aromatic carbocycles. The van der Waals surface area contributed by atoms with Gasteiger partial charge in [0.05, 0.1) is 12.2 Å². The van der Waals surface area contributed by atoms with Crippen LogP contribution >= 0.6 is 0 Å². The van der Waals surface area contributed by atoms with Crippen LogP contribution in [0.15, 0.2) is 30.3 Å². The number of amides is 3. The molecular weight excluding hydrogens is 382 g/mol. The minimum Gasteiger partial charge on any atom is -0.302 e. The van der Waals surface area contributed by atoms with Crippen LogP contribution in [0.1, 0.15) is 47.5 Å². The van der Waals surface area contributed by atoms with Gasteiger partial charge in [-0.1, -0.05) is 18.2 Å². The predicted octanol–water partition coefficient (Wildman–Crippen LogP) is 1.98. The average Bonchev–Trinajstić information content (AvgIpc) is 3.03. The fourth-order valence-corrected chi connectivity index (χ4v) is 5.15. The van der Waals surface area contributed by atoms with Gasteiger partial charge in [0.15, 0.2) is 0 Å². The molecule has 1 unspecified atom stereocenters. The van der Waals surface area contributed by atoms with E-state index in [2.05, 4.69) is 22.3 Å². The molecule has 1 atom stereocenters. The second-order valence-corrected chi connectivity index (χ2v) is 8.29. The van der Waals surface area contributed by atoms with Crippen molar-refractivity contribution in [3.05, 3.63) is 41.5 Å². The standard InChI is InChI=1S/C23H23N3O4/c27-13-12-25-10-8-14(9-11-25)15-4-5-18-21-16(15)2-1-3-17(21)23(30)26(18)19-6-7-20(28)24-22(19)29/h1-5,13-14,19H,6-12H2,(H,24,28,29). The Kier molecular flexibility index (Phi) is 4.62. The summed E-state index contributed by atoms with van der Waals surface area (Å²) in [5, 5.41) is 4.32. The molecule has 5 rings (SSSR count). The molecule has 3 amide bonds. The Morgan fingerprint density at radius 1 is 1.03 bits per heavy atom. The summed E-state index contributed by atoms with van der Waals surface area (Å²) < 4.78 is 0. The van der Waals surface area contributed by atoms with Crippen LogP contribution in [0.2, 0.25) is 0 Å². The van der Waals surface area contributed by atoms with Gasteiger partial charge in [0, 0.05) is 17.4 Å². The van der Waals surface area contributed by atoms with Gasteiger partial charge in [-0.3, -0.25) is 29.5 Å². The number of aldehydes is 1. The SMILES string of the molecule is O=CCN1CCC(c2ccc3c4c(cccc24)C(=O)N3C2CCC(=O)NC2=O)CC1. The maximum Gasteiger partial charge on any atom is 0.259 e. The molecule has 2 saturated heterocycles. The predicted molar refractivity (Wildman–Crippen MR) is 111 cm³/mol. The molecule has 7 nitrogen and oxygen atoms in total. The fraction of sp³-hybridized carbons (Fsp3) is 0.391. The van der Waals surface area contributed by atoms with Crippen molar-refractivity contribution in [3.8, 4) is 0 Å². The van der Waals surface area contributed by atoms with E-state index in [0.29, 0.717) is 24.4 Å². The van der Waals surface area contributed by atoms with E-state index in [4.69, 9.17) is 0 Å². The molecular formula is C23H23N3O4. The highest BCUT2D eigenvalue weighted by Crippen LogP contribution is 2.43. The van der Waals surface area contributed by atoms with Gasteiger partial charge in [-0.2, -0.15) is 0 Å². The Hall–Kier alpha value is -3.06. The van der Waals surface area contributed by atoms with Crippen LogP contribution in [-0.2, 0) is 14.4 Å². The van der Waals surface area contributed by atoms with Crippen molar-refractivity contribution in [1.82, 2.24) is 10.2 Å². The van der Waals surface area contributed by atoms with Crippen LogP contribution in [-0.4, -0.2) is 54.6 Å². The number of likely N-dealkylation sites (tertiary alicyclic amines) is 1. The van der Waals surface area contributed by atoms with Crippen molar-refractivity contribution in [2.45, 2.75) is 37.6 Å². The van der Waals surface area contributed by atoms with Gasteiger partial charge in [0.25, 0.3) is 5.91 Å². The Bertz CT molecular complexity index is 1070. The summed E-state index contributed by atoms with van der Waals surface area (Å²) in [5.74, 6) is -0.506. The third-order valence-electron chi connectivity index (χ3n) is 6.64. The highest BCUT2D eigenvalue weighted by atomic mass is 16.2. The second-order valence-electron chi connectivity index (χ2n) is 8.29. The summed E-state index contributed by atoms with van der Waals surface area (Å²) in [6, 6.07) is 9.14. The Labute approximate surface area is 174 Å². The Morgan fingerprint density at radius 3 is 2.57 bits per heavy atom. The fourth-order valence-electron chi connectivity index (χ4n) is 5.15. The van der Waals surface area contributed by atoms with E-state index >= 15 is 0 Å². The highest BCUT2D eigenvalue weighted by Gasteiger charge is 2.41. The lowest BCUT2D eigenvalue weighted by Gasteiger charge is -2.32. The third-order valence-corrected chi connectivity index (χ3v) is 6.64. The number of imide groups is 1. The molecule has 0 aliphatic carbocycles. The molecule has 3 aliphatic heterocycles. The molecule has 3 heterocycles. The van der Waals surface area contributed by atoms with Crippen LogP contribution in [0.4, 0.5) is 5.69 Å². The molecule has 7 heteroatoms. The average molecular weight is 405 g/mol. The first kappa shape index (κ1) is 18.9. The molecule has 3 aliphatic rings. The molecule has 0 spiro atoms. The van der Waals surface area contributed by atoms with E-state index < -0.39 is 11.9 Å². The quantitative estimate of drug-likeness (QED) is 0.621. The van der Waals surface area contributed by atoms with Gasteiger partial charge >= 0.3 is 0 Å². The monoisotopic (exact) mass is 405 g/mol. The van der Waals surface area contributed by atoms with Crippen molar-refractivity contribution in [2.75, 3.05) is 24.5 Å². The van der Waals surface area contributed by atoms with Crippen molar-refractivity contribution in [1.29, 1.82) is 0 Å². The Balaban J connectivity index is 1.52. The number of hydrogen-bond donors (Lipinski definition) is 1. The maximum absolute atomic E-state index is 13.2. The lowest BCUT2D eigenvalue weighted by atomic mass is 9.85. The van der Waals surface area contributed by atoms with Gasteiger partial charge in [-0.05, 0) is 61.4 Å². The summed E-state index contributed by atoms with van der Waals surface area (Å²) in [4.78, 5) is 51.7. The number of rotatable bonds is 4. The van der Waals surface area contributed by atoms with Gasteiger partial charge in [-0.15, -0.1) is 0 Å². The zero-order valence-corrected chi connectivity index (χ0v) is 16.6. The first-order valence-electron chi connectivity index (χ1n) is 10.5. The number of anilines is 1. The van der Waals surface area contributed by atoms with E-state index in [0.717, 1.165) is 48.7 Å². The minimum absolute atomic E-state index is 0.178.